The van der Waals surface area contributed by atoms with E-state index >= 15 is 0 Å². The molecule has 1 aliphatic heterocycles. The second kappa shape index (κ2) is 7.61. The molecule has 1 aliphatic rings. The summed E-state index contributed by atoms with van der Waals surface area (Å²) < 4.78 is 0. The van der Waals surface area contributed by atoms with Crippen LogP contribution in [-0.4, -0.2) is 29.4 Å². The standard InChI is InChI=1S/C21H22N2O4/c1-13-4-3-5-18(14(13)2)23-12-17(10-19(23)24)20(25)22-11-15-6-8-16(9-7-15)21(26)27/h3-9,17H,10-12H2,1-2H3,(H,22,25)(H,26,27). The molecule has 0 aromatic heterocycles. The van der Waals surface area contributed by atoms with Crippen molar-refractivity contribution in [1.82, 2.24) is 5.32 Å². The van der Waals surface area contributed by atoms with Crippen molar-refractivity contribution in [2.24, 2.45) is 5.92 Å². The third-order valence-electron chi connectivity index (χ3n) is 5.03. The van der Waals surface area contributed by atoms with E-state index in [9.17, 15) is 14.4 Å². The maximum Gasteiger partial charge on any atom is 0.335 e. The molecule has 0 saturated carbocycles. The minimum atomic E-state index is -0.985. The number of aromatic carboxylic acids is 1. The molecule has 1 saturated heterocycles. The van der Waals surface area contributed by atoms with Crippen LogP contribution in [-0.2, 0) is 16.1 Å². The number of nitrogens with one attached hydrogen (secondary N) is 1. The lowest BCUT2D eigenvalue weighted by Crippen LogP contribution is -2.32. The number of carbonyl (C=O) groups is 3. The SMILES string of the molecule is Cc1cccc(N2CC(C(=O)NCc3ccc(C(=O)O)cc3)CC2=O)c1C. The Morgan fingerprint density at radius 2 is 1.85 bits per heavy atom. The topological polar surface area (TPSA) is 86.7 Å². The zero-order chi connectivity index (χ0) is 19.6. The Balaban J connectivity index is 1.62. The van der Waals surface area contributed by atoms with Gasteiger partial charge in [0.2, 0.25) is 11.8 Å². The van der Waals surface area contributed by atoms with E-state index in [1.165, 1.54) is 12.1 Å². The molecule has 1 fully saturated rings. The molecule has 27 heavy (non-hydrogen) atoms. The second-order valence-corrected chi connectivity index (χ2v) is 6.84. The summed E-state index contributed by atoms with van der Waals surface area (Å²) in [4.78, 5) is 37.5. The number of anilines is 1. The van der Waals surface area contributed by atoms with E-state index in [1.807, 2.05) is 32.0 Å². The lowest BCUT2D eigenvalue weighted by molar-refractivity contribution is -0.126. The van der Waals surface area contributed by atoms with Crippen molar-refractivity contribution < 1.29 is 19.5 Å². The molecule has 0 spiro atoms. The van der Waals surface area contributed by atoms with Crippen LogP contribution in [0, 0.1) is 19.8 Å². The molecule has 6 heteroatoms. The fourth-order valence-corrected chi connectivity index (χ4v) is 3.24. The molecule has 2 amide bonds. The van der Waals surface area contributed by atoms with E-state index in [0.717, 1.165) is 22.4 Å². The van der Waals surface area contributed by atoms with E-state index in [0.29, 0.717) is 13.1 Å². The van der Waals surface area contributed by atoms with Crippen LogP contribution in [0.15, 0.2) is 42.5 Å². The summed E-state index contributed by atoms with van der Waals surface area (Å²) in [5, 5.41) is 11.8. The van der Waals surface area contributed by atoms with Crippen LogP contribution in [0.4, 0.5) is 5.69 Å². The smallest absolute Gasteiger partial charge is 0.335 e. The summed E-state index contributed by atoms with van der Waals surface area (Å²) >= 11 is 0. The molecule has 0 radical (unpaired) electrons. The Morgan fingerprint density at radius 3 is 2.52 bits per heavy atom. The second-order valence-electron chi connectivity index (χ2n) is 6.84. The molecule has 2 aromatic rings. The lowest BCUT2D eigenvalue weighted by atomic mass is 10.1. The minimum absolute atomic E-state index is 0.0466. The van der Waals surface area contributed by atoms with Gasteiger partial charge in [0.15, 0.2) is 0 Å². The molecule has 1 heterocycles. The molecule has 2 N–H and O–H groups in total. The molecular weight excluding hydrogens is 344 g/mol. The summed E-state index contributed by atoms with van der Waals surface area (Å²) in [5.41, 5.74) is 4.03. The highest BCUT2D eigenvalue weighted by Gasteiger charge is 2.35. The van der Waals surface area contributed by atoms with Crippen LogP contribution in [0.5, 0.6) is 0 Å². The largest absolute Gasteiger partial charge is 0.478 e. The van der Waals surface area contributed by atoms with Crippen LogP contribution < -0.4 is 10.2 Å². The molecule has 2 aromatic carbocycles. The number of aryl methyl sites for hydroxylation is 1. The van der Waals surface area contributed by atoms with Gasteiger partial charge in [0.1, 0.15) is 0 Å². The Kier molecular flexibility index (Phi) is 5.26. The van der Waals surface area contributed by atoms with Gasteiger partial charge in [0, 0.05) is 25.2 Å². The van der Waals surface area contributed by atoms with Gasteiger partial charge >= 0.3 is 5.97 Å². The van der Waals surface area contributed by atoms with Gasteiger partial charge in [0.05, 0.1) is 11.5 Å². The monoisotopic (exact) mass is 366 g/mol. The van der Waals surface area contributed by atoms with E-state index in [4.69, 9.17) is 5.11 Å². The van der Waals surface area contributed by atoms with Gasteiger partial charge in [-0.2, -0.15) is 0 Å². The van der Waals surface area contributed by atoms with Crippen molar-refractivity contribution in [3.05, 3.63) is 64.7 Å². The number of carboxylic acids is 1. The van der Waals surface area contributed by atoms with Crippen molar-refractivity contribution in [3.8, 4) is 0 Å². The zero-order valence-corrected chi connectivity index (χ0v) is 15.4. The first-order valence-corrected chi connectivity index (χ1v) is 8.83. The highest BCUT2D eigenvalue weighted by atomic mass is 16.4. The molecule has 0 bridgehead atoms. The predicted octanol–water partition coefficient (Wildman–Crippen LogP) is 2.67. The Labute approximate surface area is 157 Å². The Morgan fingerprint density at radius 1 is 1.15 bits per heavy atom. The summed E-state index contributed by atoms with van der Waals surface area (Å²) in [7, 11) is 0. The van der Waals surface area contributed by atoms with Crippen molar-refractivity contribution >= 4 is 23.5 Å². The zero-order valence-electron chi connectivity index (χ0n) is 15.4. The van der Waals surface area contributed by atoms with Crippen LogP contribution >= 0.6 is 0 Å². The van der Waals surface area contributed by atoms with Gasteiger partial charge in [-0.3, -0.25) is 9.59 Å². The van der Waals surface area contributed by atoms with Crippen LogP contribution in [0.2, 0.25) is 0 Å². The average molecular weight is 366 g/mol. The molecular formula is C21H22N2O4. The highest BCUT2D eigenvalue weighted by Crippen LogP contribution is 2.29. The maximum atomic E-state index is 12.5. The summed E-state index contributed by atoms with van der Waals surface area (Å²) in [6.07, 6.45) is 0.192. The van der Waals surface area contributed by atoms with Gasteiger partial charge in [-0.05, 0) is 48.7 Å². The first-order chi connectivity index (χ1) is 12.9. The van der Waals surface area contributed by atoms with Crippen molar-refractivity contribution in [3.63, 3.8) is 0 Å². The minimum Gasteiger partial charge on any atom is -0.478 e. The van der Waals surface area contributed by atoms with Crippen LogP contribution in [0.25, 0.3) is 0 Å². The number of carbonyl (C=O) groups excluding carboxylic acids is 2. The van der Waals surface area contributed by atoms with Crippen molar-refractivity contribution in [2.75, 3.05) is 11.4 Å². The molecule has 1 atom stereocenters. The molecule has 140 valence electrons. The summed E-state index contributed by atoms with van der Waals surface area (Å²) in [6, 6.07) is 12.2. The van der Waals surface area contributed by atoms with Gasteiger partial charge in [-0.1, -0.05) is 24.3 Å². The number of benzene rings is 2. The first-order valence-electron chi connectivity index (χ1n) is 8.83. The third kappa shape index (κ3) is 4.00. The number of rotatable bonds is 5. The Bertz CT molecular complexity index is 890. The van der Waals surface area contributed by atoms with E-state index in [-0.39, 0.29) is 23.8 Å². The highest BCUT2D eigenvalue weighted by molar-refractivity contribution is 6.00. The van der Waals surface area contributed by atoms with E-state index in [1.54, 1.807) is 17.0 Å². The van der Waals surface area contributed by atoms with Gasteiger partial charge in [-0.25, -0.2) is 4.79 Å². The predicted molar refractivity (Wildman–Crippen MR) is 102 cm³/mol. The van der Waals surface area contributed by atoms with Gasteiger partial charge in [-0.15, -0.1) is 0 Å². The van der Waals surface area contributed by atoms with Crippen molar-refractivity contribution in [2.45, 2.75) is 26.8 Å². The average Bonchev–Trinajstić information content (AvgIpc) is 3.04. The fourth-order valence-electron chi connectivity index (χ4n) is 3.24. The van der Waals surface area contributed by atoms with Gasteiger partial charge < -0.3 is 15.3 Å². The van der Waals surface area contributed by atoms with Gasteiger partial charge in [0.25, 0.3) is 0 Å². The number of hydrogen-bond acceptors (Lipinski definition) is 3. The Hall–Kier alpha value is -3.15. The number of nitrogens with zero attached hydrogens (tertiary/aromatic N) is 1. The number of hydrogen-bond donors (Lipinski definition) is 2. The summed E-state index contributed by atoms with van der Waals surface area (Å²) in [5.74, 6) is -1.59. The molecule has 1 unspecified atom stereocenters. The van der Waals surface area contributed by atoms with Crippen LogP contribution in [0.3, 0.4) is 0 Å². The first kappa shape index (κ1) is 18.6. The quantitative estimate of drug-likeness (QED) is 0.852. The van der Waals surface area contributed by atoms with Crippen LogP contribution in [0.1, 0.15) is 33.5 Å². The number of carboxylic acid groups (broad SMARTS) is 1. The molecule has 0 aliphatic carbocycles. The number of amides is 2. The van der Waals surface area contributed by atoms with E-state index < -0.39 is 11.9 Å². The molecule has 6 nitrogen and oxygen atoms in total. The van der Waals surface area contributed by atoms with E-state index in [2.05, 4.69) is 5.32 Å². The fraction of sp³-hybridized carbons (Fsp3) is 0.286. The third-order valence-corrected chi connectivity index (χ3v) is 5.03. The molecule has 3 rings (SSSR count). The maximum absolute atomic E-state index is 12.5. The summed E-state index contributed by atoms with van der Waals surface area (Å²) in [6.45, 7) is 4.64. The normalized spacial score (nSPS) is 16.4. The lowest BCUT2D eigenvalue weighted by Gasteiger charge is -2.20. The van der Waals surface area contributed by atoms with Crippen molar-refractivity contribution in [1.29, 1.82) is 0 Å².